The first kappa shape index (κ1) is 57.0. The molecule has 7 nitrogen and oxygen atoms in total. The fourth-order valence-electron chi connectivity index (χ4n) is 8.16. The van der Waals surface area contributed by atoms with Gasteiger partial charge in [-0.1, -0.05) is 251 Å². The first-order valence-electron chi connectivity index (χ1n) is 25.5. The quantitative estimate of drug-likeness (QED) is 0.0275. The summed E-state index contributed by atoms with van der Waals surface area (Å²) < 4.78 is 32.8. The zero-order valence-corrected chi connectivity index (χ0v) is 39.4. The van der Waals surface area contributed by atoms with Crippen LogP contribution in [0.3, 0.4) is 0 Å². The minimum atomic E-state index is -4.41. The van der Waals surface area contributed by atoms with Gasteiger partial charge in [-0.05, 0) is 38.5 Å². The Balaban J connectivity index is 3.85. The van der Waals surface area contributed by atoms with Gasteiger partial charge in [-0.3, -0.25) is 9.35 Å². The molecule has 0 aliphatic rings. The molecule has 3 atom stereocenters. The third kappa shape index (κ3) is 43.1. The van der Waals surface area contributed by atoms with E-state index in [0.29, 0.717) is 19.3 Å². The molecule has 0 saturated heterocycles. The summed E-state index contributed by atoms with van der Waals surface area (Å²) in [5.74, 6) is -1.45. The topological polar surface area (TPSA) is 124 Å². The number of amides is 1. The zero-order valence-electron chi connectivity index (χ0n) is 38.6. The summed E-state index contributed by atoms with van der Waals surface area (Å²) in [6.07, 6.45) is 52.4. The van der Waals surface area contributed by atoms with Crippen LogP contribution >= 0.6 is 0 Å². The van der Waals surface area contributed by atoms with Gasteiger partial charge in [0.05, 0.1) is 17.9 Å². The molecular formula is C50H99NO6S. The van der Waals surface area contributed by atoms with E-state index in [1.54, 1.807) is 0 Å². The van der Waals surface area contributed by atoms with E-state index in [4.69, 9.17) is 0 Å². The average Bonchev–Trinajstić information content (AvgIpc) is 3.19. The molecule has 58 heavy (non-hydrogen) atoms. The molecule has 0 fully saturated rings. The average molecular weight is 842 g/mol. The summed E-state index contributed by atoms with van der Waals surface area (Å²) in [7, 11) is -4.41. The van der Waals surface area contributed by atoms with E-state index in [1.165, 1.54) is 193 Å². The molecule has 0 aromatic heterocycles. The van der Waals surface area contributed by atoms with Gasteiger partial charge in [-0.25, -0.2) is 0 Å². The Morgan fingerprint density at radius 1 is 0.448 bits per heavy atom. The molecule has 0 aliphatic heterocycles. The molecule has 0 heterocycles. The van der Waals surface area contributed by atoms with Gasteiger partial charge in [-0.2, -0.15) is 8.42 Å². The largest absolute Gasteiger partial charge is 0.391 e. The number of hydrogen-bond acceptors (Lipinski definition) is 5. The normalized spacial score (nSPS) is 13.7. The van der Waals surface area contributed by atoms with Crippen LogP contribution in [0.15, 0.2) is 12.2 Å². The molecule has 0 aliphatic carbocycles. The van der Waals surface area contributed by atoms with Gasteiger partial charge in [0, 0.05) is 0 Å². The maximum absolute atomic E-state index is 12.7. The van der Waals surface area contributed by atoms with Crippen molar-refractivity contribution in [2.45, 2.75) is 295 Å². The molecule has 0 rings (SSSR count). The fourth-order valence-corrected chi connectivity index (χ4v) is 8.92. The third-order valence-corrected chi connectivity index (χ3v) is 12.9. The van der Waals surface area contributed by atoms with Crippen LogP contribution < -0.4 is 5.32 Å². The Kier molecular flexibility index (Phi) is 43.4. The molecule has 0 bridgehead atoms. The standard InChI is InChI=1S/C50H99NO6S/c1-3-5-7-9-11-13-15-17-19-21-23-25-27-29-31-33-35-37-39-41-43-45-49(53)50(54)51-47(46-58(55,56)57)48(52)44-42-40-38-36-34-32-30-28-26-24-22-20-18-16-14-12-10-8-6-4-2/h27,29,47-49,52-53H,3-26,28,30-46H2,1-2H3,(H,51,54)(H,55,56,57)/b29-27-. The van der Waals surface area contributed by atoms with Crippen LogP contribution in [0.4, 0.5) is 0 Å². The second-order valence-electron chi connectivity index (χ2n) is 17.9. The Hall–Kier alpha value is -0.960. The smallest absolute Gasteiger partial charge is 0.266 e. The first-order valence-corrected chi connectivity index (χ1v) is 27.1. The van der Waals surface area contributed by atoms with Gasteiger partial charge in [-0.15, -0.1) is 0 Å². The molecule has 4 N–H and O–H groups in total. The second-order valence-corrected chi connectivity index (χ2v) is 19.4. The molecule has 0 saturated carbocycles. The molecule has 1 amide bonds. The van der Waals surface area contributed by atoms with Crippen LogP contribution in [-0.4, -0.2) is 53.1 Å². The van der Waals surface area contributed by atoms with Gasteiger partial charge < -0.3 is 15.5 Å². The van der Waals surface area contributed by atoms with Crippen molar-refractivity contribution in [2.75, 3.05) is 5.75 Å². The van der Waals surface area contributed by atoms with Gasteiger partial charge >= 0.3 is 0 Å². The van der Waals surface area contributed by atoms with Crippen LogP contribution in [0.25, 0.3) is 0 Å². The summed E-state index contributed by atoms with van der Waals surface area (Å²) in [5.41, 5.74) is 0. The van der Waals surface area contributed by atoms with Gasteiger partial charge in [0.2, 0.25) is 5.91 Å². The Morgan fingerprint density at radius 2 is 0.724 bits per heavy atom. The molecule has 3 unspecified atom stereocenters. The molecule has 0 aromatic rings. The monoisotopic (exact) mass is 842 g/mol. The maximum atomic E-state index is 12.7. The Bertz CT molecular complexity index is 989. The minimum Gasteiger partial charge on any atom is -0.391 e. The highest BCUT2D eigenvalue weighted by Gasteiger charge is 2.28. The lowest BCUT2D eigenvalue weighted by atomic mass is 10.0. The minimum absolute atomic E-state index is 0.293. The molecular weight excluding hydrogens is 743 g/mol. The van der Waals surface area contributed by atoms with Crippen molar-refractivity contribution in [2.24, 2.45) is 0 Å². The summed E-state index contributed by atoms with van der Waals surface area (Å²) >= 11 is 0. The SMILES string of the molecule is CCCCCCCCCCCCC/C=C\CCCCCCCCC(O)C(=O)NC(CS(=O)(=O)O)C(O)CCCCCCCCCCCCCCCCCCCCCC. The number of hydrogen-bond donors (Lipinski definition) is 4. The summed E-state index contributed by atoms with van der Waals surface area (Å²) in [6, 6.07) is -1.15. The predicted molar refractivity (Wildman–Crippen MR) is 250 cm³/mol. The van der Waals surface area contributed by atoms with Crippen molar-refractivity contribution in [3.8, 4) is 0 Å². The molecule has 346 valence electrons. The highest BCUT2D eigenvalue weighted by Crippen LogP contribution is 2.17. The summed E-state index contributed by atoms with van der Waals surface area (Å²) in [5, 5.41) is 23.7. The predicted octanol–water partition coefficient (Wildman–Crippen LogP) is 14.7. The lowest BCUT2D eigenvalue weighted by Crippen LogP contribution is -2.50. The maximum Gasteiger partial charge on any atom is 0.266 e. The van der Waals surface area contributed by atoms with Crippen LogP contribution in [0.5, 0.6) is 0 Å². The van der Waals surface area contributed by atoms with Crippen molar-refractivity contribution in [3.05, 3.63) is 12.2 Å². The van der Waals surface area contributed by atoms with Crippen LogP contribution in [0.1, 0.15) is 277 Å². The van der Waals surface area contributed by atoms with E-state index < -0.39 is 40.0 Å². The lowest BCUT2D eigenvalue weighted by Gasteiger charge is -2.24. The first-order chi connectivity index (χ1) is 28.2. The van der Waals surface area contributed by atoms with Gasteiger partial charge in [0.25, 0.3) is 10.1 Å². The summed E-state index contributed by atoms with van der Waals surface area (Å²) in [6.45, 7) is 4.55. The van der Waals surface area contributed by atoms with Crippen LogP contribution in [0, 0.1) is 0 Å². The Morgan fingerprint density at radius 3 is 1.03 bits per heavy atom. The Labute approximate surface area is 361 Å². The van der Waals surface area contributed by atoms with E-state index in [9.17, 15) is 28.0 Å². The number of carbonyl (C=O) groups is 1. The second kappa shape index (κ2) is 44.1. The summed E-state index contributed by atoms with van der Waals surface area (Å²) in [4.78, 5) is 12.7. The van der Waals surface area contributed by atoms with Gasteiger partial charge in [0.15, 0.2) is 0 Å². The van der Waals surface area contributed by atoms with E-state index in [2.05, 4.69) is 31.3 Å². The highest BCUT2D eigenvalue weighted by atomic mass is 32.2. The number of allylic oxidation sites excluding steroid dienone is 2. The molecule has 8 heteroatoms. The molecule has 0 radical (unpaired) electrons. The number of rotatable bonds is 47. The lowest BCUT2D eigenvalue weighted by molar-refractivity contribution is -0.131. The van der Waals surface area contributed by atoms with E-state index in [-0.39, 0.29) is 0 Å². The van der Waals surface area contributed by atoms with Crippen molar-refractivity contribution in [1.82, 2.24) is 5.32 Å². The van der Waals surface area contributed by atoms with E-state index in [0.717, 1.165) is 51.4 Å². The number of unbranched alkanes of at least 4 members (excludes halogenated alkanes) is 36. The van der Waals surface area contributed by atoms with Crippen molar-refractivity contribution >= 4 is 16.0 Å². The highest BCUT2D eigenvalue weighted by molar-refractivity contribution is 7.85. The van der Waals surface area contributed by atoms with Crippen molar-refractivity contribution in [3.63, 3.8) is 0 Å². The van der Waals surface area contributed by atoms with Gasteiger partial charge in [0.1, 0.15) is 6.10 Å². The molecule has 0 spiro atoms. The number of carbonyl (C=O) groups excluding carboxylic acids is 1. The van der Waals surface area contributed by atoms with Crippen molar-refractivity contribution < 1.29 is 28.0 Å². The number of aliphatic hydroxyl groups is 2. The van der Waals surface area contributed by atoms with Crippen LogP contribution in [0.2, 0.25) is 0 Å². The van der Waals surface area contributed by atoms with E-state index in [1.807, 2.05) is 0 Å². The molecule has 0 aromatic carbocycles. The zero-order chi connectivity index (χ0) is 42.6. The number of nitrogens with one attached hydrogen (secondary N) is 1. The van der Waals surface area contributed by atoms with E-state index >= 15 is 0 Å². The van der Waals surface area contributed by atoms with Crippen molar-refractivity contribution in [1.29, 1.82) is 0 Å². The third-order valence-electron chi connectivity index (χ3n) is 12.1. The fraction of sp³-hybridized carbons (Fsp3) is 0.940. The number of aliphatic hydroxyl groups excluding tert-OH is 2. The van der Waals surface area contributed by atoms with Crippen LogP contribution in [-0.2, 0) is 14.9 Å².